The largest absolute Gasteiger partial charge is 0.383 e. The van der Waals surface area contributed by atoms with Gasteiger partial charge in [-0.15, -0.1) is 0 Å². The zero-order chi connectivity index (χ0) is 20.0. The minimum atomic E-state index is -0.540. The number of benzene rings is 1. The van der Waals surface area contributed by atoms with Gasteiger partial charge in [0, 0.05) is 38.2 Å². The highest BCUT2D eigenvalue weighted by Crippen LogP contribution is 2.16. The van der Waals surface area contributed by atoms with E-state index in [2.05, 4.69) is 4.98 Å². The third-order valence-corrected chi connectivity index (χ3v) is 4.95. The lowest BCUT2D eigenvalue weighted by Crippen LogP contribution is -2.39. The van der Waals surface area contributed by atoms with Crippen molar-refractivity contribution in [1.29, 1.82) is 0 Å². The third-order valence-electron chi connectivity index (χ3n) is 4.95. The van der Waals surface area contributed by atoms with Crippen LogP contribution >= 0.6 is 0 Å². The van der Waals surface area contributed by atoms with Crippen LogP contribution in [0.25, 0.3) is 16.9 Å². The van der Waals surface area contributed by atoms with Crippen molar-refractivity contribution < 1.29 is 9.13 Å². The molecule has 3 aromatic heterocycles. The number of halogens is 1. The first-order valence-corrected chi connectivity index (χ1v) is 8.84. The maximum Gasteiger partial charge on any atom is 0.332 e. The number of hydrogen-bond donors (Lipinski definition) is 0. The number of ether oxygens (including phenoxy) is 1. The molecule has 0 aliphatic carbocycles. The highest BCUT2D eigenvalue weighted by Gasteiger charge is 2.20. The van der Waals surface area contributed by atoms with E-state index in [-0.39, 0.29) is 17.6 Å². The van der Waals surface area contributed by atoms with Crippen LogP contribution in [0.2, 0.25) is 0 Å². The molecule has 0 amide bonds. The monoisotopic (exact) mass is 385 g/mol. The maximum atomic E-state index is 14.1. The van der Waals surface area contributed by atoms with Crippen molar-refractivity contribution in [3.63, 3.8) is 0 Å². The number of nitrogens with zero attached hydrogens (tertiary/aromatic N) is 5. The summed E-state index contributed by atoms with van der Waals surface area (Å²) < 4.78 is 25.2. The summed E-state index contributed by atoms with van der Waals surface area (Å²) in [7, 11) is 3.17. The van der Waals surface area contributed by atoms with Crippen LogP contribution in [0.1, 0.15) is 11.3 Å². The standard InChI is InChI=1S/C19H20FN5O3/c1-12-10-24-15-16(21-18(24)23(12)8-9-28-3)22(2)19(27)25(17(15)26)11-13-6-4-5-7-14(13)20/h4-7,10H,8-9,11H2,1-3H3. The molecule has 28 heavy (non-hydrogen) atoms. The Kier molecular flexibility index (Phi) is 4.38. The minimum absolute atomic E-state index is 0.148. The minimum Gasteiger partial charge on any atom is -0.383 e. The van der Waals surface area contributed by atoms with Crippen LogP contribution in [0.3, 0.4) is 0 Å². The topological polar surface area (TPSA) is 75.5 Å². The fourth-order valence-electron chi connectivity index (χ4n) is 3.45. The average Bonchev–Trinajstić information content (AvgIpc) is 3.18. The average molecular weight is 385 g/mol. The van der Waals surface area contributed by atoms with Gasteiger partial charge in [-0.1, -0.05) is 18.2 Å². The second kappa shape index (κ2) is 6.75. The van der Waals surface area contributed by atoms with Crippen molar-refractivity contribution >= 4 is 16.9 Å². The Morgan fingerprint density at radius 3 is 2.64 bits per heavy atom. The molecule has 0 atom stereocenters. The van der Waals surface area contributed by atoms with Crippen molar-refractivity contribution in [1.82, 2.24) is 23.1 Å². The van der Waals surface area contributed by atoms with Gasteiger partial charge in [0.05, 0.1) is 13.2 Å². The van der Waals surface area contributed by atoms with E-state index in [0.29, 0.717) is 24.6 Å². The van der Waals surface area contributed by atoms with Crippen LogP contribution in [0, 0.1) is 12.7 Å². The van der Waals surface area contributed by atoms with Crippen LogP contribution < -0.4 is 11.2 Å². The second-order valence-electron chi connectivity index (χ2n) is 6.69. The predicted octanol–water partition coefficient (Wildman–Crippen LogP) is 1.29. The first-order chi connectivity index (χ1) is 13.4. The van der Waals surface area contributed by atoms with Gasteiger partial charge in [-0.05, 0) is 13.0 Å². The van der Waals surface area contributed by atoms with Crippen LogP contribution in [0.15, 0.2) is 40.1 Å². The van der Waals surface area contributed by atoms with Gasteiger partial charge in [-0.2, -0.15) is 4.98 Å². The number of hydrogen-bond acceptors (Lipinski definition) is 4. The zero-order valence-electron chi connectivity index (χ0n) is 15.8. The quantitative estimate of drug-likeness (QED) is 0.519. The van der Waals surface area contributed by atoms with Gasteiger partial charge in [-0.25, -0.2) is 9.18 Å². The molecule has 9 heteroatoms. The summed E-state index contributed by atoms with van der Waals surface area (Å²) in [6.45, 7) is 2.82. The van der Waals surface area contributed by atoms with E-state index in [1.165, 1.54) is 10.6 Å². The number of rotatable bonds is 5. The normalized spacial score (nSPS) is 11.7. The van der Waals surface area contributed by atoms with E-state index in [9.17, 15) is 14.0 Å². The molecule has 146 valence electrons. The Morgan fingerprint density at radius 2 is 1.93 bits per heavy atom. The van der Waals surface area contributed by atoms with Gasteiger partial charge < -0.3 is 9.30 Å². The Hall–Kier alpha value is -3.20. The number of fused-ring (bicyclic) bond motifs is 3. The van der Waals surface area contributed by atoms with Crippen LogP contribution in [-0.2, 0) is 24.9 Å². The lowest BCUT2D eigenvalue weighted by atomic mass is 10.2. The fourth-order valence-corrected chi connectivity index (χ4v) is 3.45. The van der Waals surface area contributed by atoms with E-state index < -0.39 is 17.1 Å². The van der Waals surface area contributed by atoms with Gasteiger partial charge in [0.15, 0.2) is 11.2 Å². The van der Waals surface area contributed by atoms with Crippen molar-refractivity contribution in [3.05, 3.63) is 68.4 Å². The molecule has 0 aliphatic heterocycles. The number of imidazole rings is 2. The highest BCUT2D eigenvalue weighted by molar-refractivity contribution is 5.75. The van der Waals surface area contributed by atoms with Crippen molar-refractivity contribution in [2.75, 3.05) is 13.7 Å². The van der Waals surface area contributed by atoms with Crippen molar-refractivity contribution in [3.8, 4) is 0 Å². The van der Waals surface area contributed by atoms with E-state index in [4.69, 9.17) is 4.74 Å². The summed E-state index contributed by atoms with van der Waals surface area (Å²) in [5, 5.41) is 0. The molecular weight excluding hydrogens is 365 g/mol. The third kappa shape index (κ3) is 2.66. The fraction of sp³-hybridized carbons (Fsp3) is 0.316. The van der Waals surface area contributed by atoms with Crippen molar-refractivity contribution in [2.45, 2.75) is 20.0 Å². The summed E-state index contributed by atoms with van der Waals surface area (Å²) in [4.78, 5) is 30.5. The summed E-state index contributed by atoms with van der Waals surface area (Å²) in [5.74, 6) is 0.0943. The molecule has 0 spiro atoms. The Morgan fingerprint density at radius 1 is 1.18 bits per heavy atom. The summed E-state index contributed by atoms with van der Waals surface area (Å²) >= 11 is 0. The first-order valence-electron chi connectivity index (χ1n) is 8.84. The molecule has 0 saturated heterocycles. The highest BCUT2D eigenvalue weighted by atomic mass is 19.1. The molecular formula is C19H20FN5O3. The number of aryl methyl sites for hydroxylation is 2. The van der Waals surface area contributed by atoms with Crippen LogP contribution in [0.5, 0.6) is 0 Å². The Labute approximate surface area is 159 Å². The molecule has 0 aliphatic rings. The lowest BCUT2D eigenvalue weighted by molar-refractivity contribution is 0.187. The van der Waals surface area contributed by atoms with Gasteiger partial charge in [0.1, 0.15) is 5.82 Å². The molecule has 0 unspecified atom stereocenters. The summed E-state index contributed by atoms with van der Waals surface area (Å²) in [6, 6.07) is 6.10. The van der Waals surface area contributed by atoms with Gasteiger partial charge in [0.25, 0.3) is 5.56 Å². The molecule has 0 fully saturated rings. The molecule has 0 N–H and O–H groups in total. The predicted molar refractivity (Wildman–Crippen MR) is 102 cm³/mol. The summed E-state index contributed by atoms with van der Waals surface area (Å²) in [5.41, 5.74) is 0.721. The number of aromatic nitrogens is 5. The lowest BCUT2D eigenvalue weighted by Gasteiger charge is -2.09. The van der Waals surface area contributed by atoms with Crippen LogP contribution in [0.4, 0.5) is 4.39 Å². The van der Waals surface area contributed by atoms with E-state index in [0.717, 1.165) is 10.3 Å². The smallest absolute Gasteiger partial charge is 0.332 e. The van der Waals surface area contributed by atoms with Crippen LogP contribution in [-0.4, -0.2) is 36.8 Å². The first kappa shape index (κ1) is 18.2. The number of methoxy groups -OCH3 is 1. The molecule has 4 rings (SSSR count). The second-order valence-corrected chi connectivity index (χ2v) is 6.69. The molecule has 3 heterocycles. The van der Waals surface area contributed by atoms with Gasteiger partial charge in [-0.3, -0.25) is 18.3 Å². The van der Waals surface area contributed by atoms with E-state index in [1.54, 1.807) is 43.0 Å². The molecule has 1 aromatic carbocycles. The molecule has 4 aromatic rings. The Balaban J connectivity index is 1.98. The molecule has 0 radical (unpaired) electrons. The summed E-state index contributed by atoms with van der Waals surface area (Å²) in [6.07, 6.45) is 1.81. The van der Waals surface area contributed by atoms with E-state index >= 15 is 0 Å². The van der Waals surface area contributed by atoms with Gasteiger partial charge in [0.2, 0.25) is 5.78 Å². The zero-order valence-corrected chi connectivity index (χ0v) is 15.8. The van der Waals surface area contributed by atoms with Crippen molar-refractivity contribution in [2.24, 2.45) is 7.05 Å². The molecule has 8 nitrogen and oxygen atoms in total. The molecule has 0 saturated carbocycles. The molecule has 0 bridgehead atoms. The Bertz CT molecular complexity index is 1310. The SMILES string of the molecule is COCCn1c(C)cn2c3c(=O)n(Cc4ccccc4F)c(=O)n(C)c3nc12. The van der Waals surface area contributed by atoms with Gasteiger partial charge >= 0.3 is 5.69 Å². The maximum absolute atomic E-state index is 14.1. The van der Waals surface area contributed by atoms with E-state index in [1.807, 2.05) is 11.5 Å².